The number of hydrogen-bond acceptors (Lipinski definition) is 3. The monoisotopic (exact) mass is 338 g/mol. The van der Waals surface area contributed by atoms with Crippen LogP contribution in [0.5, 0.6) is 0 Å². The van der Waals surface area contributed by atoms with Gasteiger partial charge >= 0.3 is 12.1 Å². The zero-order valence-corrected chi connectivity index (χ0v) is 11.4. The first-order chi connectivity index (χ1) is 8.32. The van der Waals surface area contributed by atoms with Crippen molar-refractivity contribution < 1.29 is 22.7 Å². The lowest BCUT2D eigenvalue weighted by Gasteiger charge is -2.08. The average molecular weight is 339 g/mol. The highest BCUT2D eigenvalue weighted by Gasteiger charge is 2.34. The summed E-state index contributed by atoms with van der Waals surface area (Å²) in [5.41, 5.74) is -0.757. The predicted octanol–water partition coefficient (Wildman–Crippen LogP) is 4.47. The van der Waals surface area contributed by atoms with Crippen LogP contribution < -0.4 is 0 Å². The Bertz CT molecular complexity index is 619. The molecular weight excluding hydrogens is 333 g/mol. The van der Waals surface area contributed by atoms with Crippen LogP contribution in [-0.2, 0) is 10.9 Å². The summed E-state index contributed by atoms with van der Waals surface area (Å²) in [4.78, 5) is 11.5. The minimum atomic E-state index is -4.46. The van der Waals surface area contributed by atoms with E-state index in [4.69, 9.17) is 0 Å². The fourth-order valence-corrected chi connectivity index (χ4v) is 3.10. The first-order valence-electron chi connectivity index (χ1n) is 4.71. The molecule has 0 unspecified atom stereocenters. The van der Waals surface area contributed by atoms with Gasteiger partial charge in [-0.1, -0.05) is 15.9 Å². The molecule has 0 radical (unpaired) electrons. The SMILES string of the molecule is COC(=O)c1cc2cc(Br)cc(C(F)(F)F)c2s1. The third kappa shape index (κ3) is 2.37. The molecule has 2 aromatic rings. The van der Waals surface area contributed by atoms with E-state index in [1.807, 2.05) is 0 Å². The van der Waals surface area contributed by atoms with E-state index in [1.165, 1.54) is 19.2 Å². The Hall–Kier alpha value is -1.08. The normalized spacial score (nSPS) is 11.8. The van der Waals surface area contributed by atoms with Gasteiger partial charge in [0.2, 0.25) is 0 Å². The molecular formula is C11H6BrF3O2S. The number of thiophene rings is 1. The highest BCUT2D eigenvalue weighted by molar-refractivity contribution is 9.10. The molecule has 7 heteroatoms. The van der Waals surface area contributed by atoms with Gasteiger partial charge in [0.1, 0.15) is 4.88 Å². The third-order valence-corrected chi connectivity index (χ3v) is 3.90. The quantitative estimate of drug-likeness (QED) is 0.717. The second-order valence-corrected chi connectivity index (χ2v) is 5.44. The number of benzene rings is 1. The largest absolute Gasteiger partial charge is 0.465 e. The van der Waals surface area contributed by atoms with Gasteiger partial charge in [-0.15, -0.1) is 11.3 Å². The summed E-state index contributed by atoms with van der Waals surface area (Å²) in [5.74, 6) is -0.638. The summed E-state index contributed by atoms with van der Waals surface area (Å²) >= 11 is 3.80. The number of methoxy groups -OCH3 is 1. The van der Waals surface area contributed by atoms with Gasteiger partial charge in [0.25, 0.3) is 0 Å². The van der Waals surface area contributed by atoms with Gasteiger partial charge in [0, 0.05) is 9.17 Å². The van der Waals surface area contributed by atoms with Gasteiger partial charge in [-0.2, -0.15) is 13.2 Å². The zero-order chi connectivity index (χ0) is 13.5. The lowest BCUT2D eigenvalue weighted by atomic mass is 10.1. The molecule has 18 heavy (non-hydrogen) atoms. The summed E-state index contributed by atoms with van der Waals surface area (Å²) < 4.78 is 43.4. The predicted molar refractivity (Wildman–Crippen MR) is 65.9 cm³/mol. The van der Waals surface area contributed by atoms with Crippen molar-refractivity contribution in [2.24, 2.45) is 0 Å². The van der Waals surface area contributed by atoms with Gasteiger partial charge < -0.3 is 4.74 Å². The Balaban J connectivity index is 2.72. The summed E-state index contributed by atoms with van der Waals surface area (Å²) in [7, 11) is 1.19. The van der Waals surface area contributed by atoms with E-state index in [2.05, 4.69) is 20.7 Å². The number of carbonyl (C=O) groups is 1. The molecule has 0 aliphatic heterocycles. The number of hydrogen-bond donors (Lipinski definition) is 0. The first-order valence-corrected chi connectivity index (χ1v) is 6.32. The molecule has 0 fully saturated rings. The highest BCUT2D eigenvalue weighted by atomic mass is 79.9. The average Bonchev–Trinajstić information content (AvgIpc) is 2.68. The molecule has 2 nitrogen and oxygen atoms in total. The Morgan fingerprint density at radius 1 is 1.33 bits per heavy atom. The van der Waals surface area contributed by atoms with E-state index >= 15 is 0 Å². The van der Waals surface area contributed by atoms with Crippen LogP contribution in [0, 0.1) is 0 Å². The summed E-state index contributed by atoms with van der Waals surface area (Å²) in [6.45, 7) is 0. The molecule has 2 rings (SSSR count). The van der Waals surface area contributed by atoms with Gasteiger partial charge in [-0.3, -0.25) is 0 Å². The Morgan fingerprint density at radius 3 is 2.56 bits per heavy atom. The number of rotatable bonds is 1. The van der Waals surface area contributed by atoms with Gasteiger partial charge in [0.15, 0.2) is 0 Å². The molecule has 0 spiro atoms. The maximum absolute atomic E-state index is 12.9. The second-order valence-electron chi connectivity index (χ2n) is 3.47. The molecule has 0 atom stereocenters. The zero-order valence-electron chi connectivity index (χ0n) is 8.97. The van der Waals surface area contributed by atoms with E-state index in [-0.39, 0.29) is 9.58 Å². The van der Waals surface area contributed by atoms with E-state index < -0.39 is 17.7 Å². The van der Waals surface area contributed by atoms with Crippen molar-refractivity contribution >= 4 is 43.3 Å². The Labute approximate surface area is 112 Å². The fraction of sp³-hybridized carbons (Fsp3) is 0.182. The Kier molecular flexibility index (Phi) is 3.37. The molecule has 1 heterocycles. The lowest BCUT2D eigenvalue weighted by molar-refractivity contribution is -0.136. The Morgan fingerprint density at radius 2 is 2.00 bits per heavy atom. The van der Waals surface area contributed by atoms with Crippen LogP contribution in [0.25, 0.3) is 10.1 Å². The minimum Gasteiger partial charge on any atom is -0.465 e. The number of ether oxygens (including phenoxy) is 1. The van der Waals surface area contributed by atoms with Crippen molar-refractivity contribution in [1.29, 1.82) is 0 Å². The number of fused-ring (bicyclic) bond motifs is 1. The molecule has 0 aliphatic carbocycles. The van der Waals surface area contributed by atoms with Gasteiger partial charge in [-0.25, -0.2) is 4.79 Å². The van der Waals surface area contributed by atoms with Crippen molar-refractivity contribution in [3.63, 3.8) is 0 Å². The van der Waals surface area contributed by atoms with Crippen LogP contribution in [0.4, 0.5) is 13.2 Å². The molecule has 1 aromatic heterocycles. The van der Waals surface area contributed by atoms with Crippen LogP contribution in [0.3, 0.4) is 0 Å². The van der Waals surface area contributed by atoms with E-state index in [1.54, 1.807) is 0 Å². The van der Waals surface area contributed by atoms with Crippen molar-refractivity contribution in [3.05, 3.63) is 33.1 Å². The van der Waals surface area contributed by atoms with E-state index in [0.29, 0.717) is 9.86 Å². The molecule has 0 amide bonds. The summed E-state index contributed by atoms with van der Waals surface area (Å²) in [6.07, 6.45) is -4.46. The van der Waals surface area contributed by atoms with Crippen molar-refractivity contribution in [3.8, 4) is 0 Å². The maximum atomic E-state index is 12.9. The van der Waals surface area contributed by atoms with Crippen molar-refractivity contribution in [2.45, 2.75) is 6.18 Å². The number of halogens is 4. The van der Waals surface area contributed by atoms with Crippen LogP contribution >= 0.6 is 27.3 Å². The van der Waals surface area contributed by atoms with Crippen LogP contribution in [0.1, 0.15) is 15.2 Å². The lowest BCUT2D eigenvalue weighted by Crippen LogP contribution is -2.04. The maximum Gasteiger partial charge on any atom is 0.417 e. The van der Waals surface area contributed by atoms with Gasteiger partial charge in [-0.05, 0) is 23.6 Å². The minimum absolute atomic E-state index is 0.0334. The van der Waals surface area contributed by atoms with E-state index in [0.717, 1.165) is 17.4 Å². The number of carbonyl (C=O) groups excluding carboxylic acids is 1. The van der Waals surface area contributed by atoms with Gasteiger partial charge in [0.05, 0.1) is 12.7 Å². The molecule has 0 aliphatic rings. The highest BCUT2D eigenvalue weighted by Crippen LogP contribution is 2.40. The molecule has 1 aromatic carbocycles. The first kappa shape index (κ1) is 13.4. The summed E-state index contributed by atoms with van der Waals surface area (Å²) in [6, 6.07) is 3.93. The molecule has 0 N–H and O–H groups in total. The van der Waals surface area contributed by atoms with E-state index in [9.17, 15) is 18.0 Å². The standard InChI is InChI=1S/C11H6BrF3O2S/c1-17-10(16)8-3-5-2-6(12)4-7(9(5)18-8)11(13,14)15/h2-4H,1H3. The second kappa shape index (κ2) is 4.55. The van der Waals surface area contributed by atoms with Crippen molar-refractivity contribution in [1.82, 2.24) is 0 Å². The fourth-order valence-electron chi connectivity index (χ4n) is 1.53. The number of esters is 1. The van der Waals surface area contributed by atoms with Crippen LogP contribution in [-0.4, -0.2) is 13.1 Å². The topological polar surface area (TPSA) is 26.3 Å². The molecule has 96 valence electrons. The van der Waals surface area contributed by atoms with Crippen LogP contribution in [0.15, 0.2) is 22.7 Å². The molecule has 0 saturated heterocycles. The third-order valence-electron chi connectivity index (χ3n) is 2.27. The van der Waals surface area contributed by atoms with Crippen LogP contribution in [0.2, 0.25) is 0 Å². The van der Waals surface area contributed by atoms with Crippen molar-refractivity contribution in [2.75, 3.05) is 7.11 Å². The smallest absolute Gasteiger partial charge is 0.417 e. The number of alkyl halides is 3. The molecule has 0 saturated carbocycles. The summed E-state index contributed by atoms with van der Waals surface area (Å²) in [5, 5.41) is 0.363. The molecule has 0 bridgehead atoms.